The van der Waals surface area contributed by atoms with Gasteiger partial charge < -0.3 is 5.02 Å². The average molecular weight is 270 g/mol. The smallest absolute Gasteiger partial charge is 0.320 e. The first-order valence-corrected chi connectivity index (χ1v) is 7.27. The standard InChI is InChI=1S/C19H15BO/c1-20(21)13-10-11-18-16-8-3-2-6-14(16)15-7-4-5-9-17(15)19(18)12-13/h2-12,21H,1H3. The predicted octanol–water partition coefficient (Wildman–Crippen LogP) is 3.97. The highest BCUT2D eigenvalue weighted by atomic mass is 16.2. The molecule has 0 aromatic heterocycles. The van der Waals surface area contributed by atoms with E-state index in [2.05, 4.69) is 60.7 Å². The van der Waals surface area contributed by atoms with Gasteiger partial charge in [0.25, 0.3) is 0 Å². The monoisotopic (exact) mass is 270 g/mol. The Balaban J connectivity index is 2.30. The summed E-state index contributed by atoms with van der Waals surface area (Å²) >= 11 is 0. The van der Waals surface area contributed by atoms with Crippen molar-refractivity contribution in [3.63, 3.8) is 0 Å². The highest BCUT2D eigenvalue weighted by Gasteiger charge is 2.11. The van der Waals surface area contributed by atoms with Crippen LogP contribution in [0.25, 0.3) is 32.3 Å². The van der Waals surface area contributed by atoms with E-state index in [4.69, 9.17) is 0 Å². The van der Waals surface area contributed by atoms with Crippen LogP contribution in [0.3, 0.4) is 0 Å². The Bertz CT molecular complexity index is 938. The summed E-state index contributed by atoms with van der Waals surface area (Å²) in [5.41, 5.74) is 0.961. The summed E-state index contributed by atoms with van der Waals surface area (Å²) in [6.07, 6.45) is 0. The molecule has 1 N–H and O–H groups in total. The first-order valence-electron chi connectivity index (χ1n) is 7.27. The van der Waals surface area contributed by atoms with Crippen LogP contribution < -0.4 is 5.46 Å². The number of rotatable bonds is 1. The highest BCUT2D eigenvalue weighted by molar-refractivity contribution is 6.65. The van der Waals surface area contributed by atoms with E-state index in [1.807, 2.05) is 12.9 Å². The van der Waals surface area contributed by atoms with Gasteiger partial charge in [-0.05, 0) is 37.8 Å². The van der Waals surface area contributed by atoms with Crippen molar-refractivity contribution in [2.75, 3.05) is 0 Å². The van der Waals surface area contributed by atoms with Gasteiger partial charge in [-0.2, -0.15) is 0 Å². The van der Waals surface area contributed by atoms with E-state index in [9.17, 15) is 5.02 Å². The van der Waals surface area contributed by atoms with Crippen molar-refractivity contribution in [1.82, 2.24) is 0 Å². The Labute approximate surface area is 123 Å². The molecule has 1 nitrogen and oxygen atoms in total. The predicted molar refractivity (Wildman–Crippen MR) is 92.4 cm³/mol. The van der Waals surface area contributed by atoms with Crippen molar-refractivity contribution in [2.45, 2.75) is 6.82 Å². The van der Waals surface area contributed by atoms with Crippen molar-refractivity contribution in [3.05, 3.63) is 66.7 Å². The van der Waals surface area contributed by atoms with Gasteiger partial charge in [-0.1, -0.05) is 73.6 Å². The molecule has 4 rings (SSSR count). The van der Waals surface area contributed by atoms with Crippen molar-refractivity contribution in [2.24, 2.45) is 0 Å². The van der Waals surface area contributed by atoms with E-state index < -0.39 is 6.92 Å². The third-order valence-corrected chi connectivity index (χ3v) is 4.25. The molecule has 0 saturated carbocycles. The minimum absolute atomic E-state index is 0.445. The van der Waals surface area contributed by atoms with E-state index in [0.29, 0.717) is 0 Å². The number of hydrogen-bond acceptors (Lipinski definition) is 1. The lowest BCUT2D eigenvalue weighted by Gasteiger charge is -2.11. The van der Waals surface area contributed by atoms with Crippen LogP contribution >= 0.6 is 0 Å². The third kappa shape index (κ3) is 1.84. The quantitative estimate of drug-likeness (QED) is 0.410. The van der Waals surface area contributed by atoms with E-state index >= 15 is 0 Å². The molecule has 0 amide bonds. The van der Waals surface area contributed by atoms with Crippen molar-refractivity contribution < 1.29 is 5.02 Å². The second kappa shape index (κ2) is 4.61. The summed E-state index contributed by atoms with van der Waals surface area (Å²) in [5.74, 6) is 0. The lowest BCUT2D eigenvalue weighted by Crippen LogP contribution is -2.25. The van der Waals surface area contributed by atoms with Gasteiger partial charge >= 0.3 is 6.92 Å². The molecule has 0 fully saturated rings. The van der Waals surface area contributed by atoms with Crippen LogP contribution in [0.15, 0.2) is 66.7 Å². The molecule has 0 heterocycles. The lowest BCUT2D eigenvalue weighted by molar-refractivity contribution is 0.594. The Hall–Kier alpha value is -2.32. The van der Waals surface area contributed by atoms with Gasteiger partial charge in [0.2, 0.25) is 0 Å². The minimum atomic E-state index is -0.445. The molecule has 4 aromatic rings. The normalized spacial score (nSPS) is 11.3. The molecular formula is C19H15BO. The molecule has 21 heavy (non-hydrogen) atoms. The maximum absolute atomic E-state index is 9.87. The van der Waals surface area contributed by atoms with Crippen LogP contribution in [-0.4, -0.2) is 11.9 Å². The molecule has 0 aliphatic heterocycles. The summed E-state index contributed by atoms with van der Waals surface area (Å²) < 4.78 is 0. The molecular weight excluding hydrogens is 255 g/mol. The second-order valence-corrected chi connectivity index (χ2v) is 5.57. The summed E-state index contributed by atoms with van der Waals surface area (Å²) in [7, 11) is 0. The van der Waals surface area contributed by atoms with E-state index in [0.717, 1.165) is 5.46 Å². The van der Waals surface area contributed by atoms with Gasteiger partial charge in [0.15, 0.2) is 0 Å². The van der Waals surface area contributed by atoms with Crippen molar-refractivity contribution in [3.8, 4) is 0 Å². The fourth-order valence-corrected chi connectivity index (χ4v) is 3.19. The topological polar surface area (TPSA) is 20.2 Å². The molecule has 0 atom stereocenters. The molecule has 0 radical (unpaired) electrons. The summed E-state index contributed by atoms with van der Waals surface area (Å²) in [6.45, 7) is 1.37. The van der Waals surface area contributed by atoms with Crippen LogP contribution in [0.1, 0.15) is 0 Å². The Morgan fingerprint density at radius 2 is 1.05 bits per heavy atom. The van der Waals surface area contributed by atoms with Gasteiger partial charge in [0.1, 0.15) is 0 Å². The Morgan fingerprint density at radius 3 is 1.52 bits per heavy atom. The van der Waals surface area contributed by atoms with Gasteiger partial charge in [-0.3, -0.25) is 0 Å². The van der Waals surface area contributed by atoms with Crippen LogP contribution in [0.5, 0.6) is 0 Å². The summed E-state index contributed by atoms with van der Waals surface area (Å²) in [5, 5.41) is 17.4. The minimum Gasteiger partial charge on any atom is -0.447 e. The third-order valence-electron chi connectivity index (χ3n) is 4.25. The van der Waals surface area contributed by atoms with Gasteiger partial charge in [0, 0.05) is 0 Å². The Kier molecular flexibility index (Phi) is 2.73. The summed E-state index contributed by atoms with van der Waals surface area (Å²) in [6, 6.07) is 23.3. The fraction of sp³-hybridized carbons (Fsp3) is 0.0526. The largest absolute Gasteiger partial charge is 0.447 e. The molecule has 100 valence electrons. The zero-order valence-electron chi connectivity index (χ0n) is 11.9. The van der Waals surface area contributed by atoms with Crippen molar-refractivity contribution >= 4 is 44.7 Å². The SMILES string of the molecule is CB(O)c1ccc2c3ccccc3c3ccccc3c2c1. The molecule has 0 unspecified atom stereocenters. The average Bonchev–Trinajstić information content (AvgIpc) is 2.54. The molecule has 0 bridgehead atoms. The molecule has 2 heteroatoms. The summed E-state index contributed by atoms with van der Waals surface area (Å²) in [4.78, 5) is 0. The maximum Gasteiger partial charge on any atom is 0.320 e. The lowest BCUT2D eigenvalue weighted by atomic mass is 9.64. The Morgan fingerprint density at radius 1 is 0.619 bits per heavy atom. The molecule has 0 aliphatic carbocycles. The fourth-order valence-electron chi connectivity index (χ4n) is 3.19. The first-order chi connectivity index (χ1) is 10.3. The van der Waals surface area contributed by atoms with E-state index in [1.54, 1.807) is 0 Å². The highest BCUT2D eigenvalue weighted by Crippen LogP contribution is 2.34. The van der Waals surface area contributed by atoms with Crippen LogP contribution in [0.2, 0.25) is 6.82 Å². The molecule has 4 aromatic carbocycles. The molecule has 0 saturated heterocycles. The number of fused-ring (bicyclic) bond motifs is 6. The first kappa shape index (κ1) is 12.4. The zero-order valence-corrected chi connectivity index (χ0v) is 11.9. The van der Waals surface area contributed by atoms with Crippen LogP contribution in [0, 0.1) is 0 Å². The van der Waals surface area contributed by atoms with E-state index in [1.165, 1.54) is 32.3 Å². The molecule has 0 aliphatic rings. The van der Waals surface area contributed by atoms with Crippen LogP contribution in [0.4, 0.5) is 0 Å². The van der Waals surface area contributed by atoms with Gasteiger partial charge in [-0.25, -0.2) is 0 Å². The van der Waals surface area contributed by atoms with Gasteiger partial charge in [-0.15, -0.1) is 0 Å². The molecule has 0 spiro atoms. The van der Waals surface area contributed by atoms with Crippen LogP contribution in [-0.2, 0) is 0 Å². The second-order valence-electron chi connectivity index (χ2n) is 5.57. The zero-order chi connectivity index (χ0) is 14.4. The number of benzene rings is 4. The van der Waals surface area contributed by atoms with Gasteiger partial charge in [0.05, 0.1) is 0 Å². The maximum atomic E-state index is 9.87. The van der Waals surface area contributed by atoms with Crippen molar-refractivity contribution in [1.29, 1.82) is 0 Å². The number of hydrogen-bond donors (Lipinski definition) is 1. The van der Waals surface area contributed by atoms with E-state index in [-0.39, 0.29) is 0 Å².